The average molecular weight is 673 g/mol. The number of morpholine rings is 1. The highest BCUT2D eigenvalue weighted by Crippen LogP contribution is 2.31. The van der Waals surface area contributed by atoms with Gasteiger partial charge in [0.15, 0.2) is 0 Å². The van der Waals surface area contributed by atoms with Crippen LogP contribution in [0.4, 0.5) is 33.6 Å². The van der Waals surface area contributed by atoms with Gasteiger partial charge in [-0.3, -0.25) is 20.0 Å². The van der Waals surface area contributed by atoms with Crippen molar-refractivity contribution in [2.75, 3.05) is 61.6 Å². The van der Waals surface area contributed by atoms with Crippen LogP contribution >= 0.6 is 11.8 Å². The van der Waals surface area contributed by atoms with E-state index in [4.69, 9.17) is 19.2 Å². The fourth-order valence-corrected chi connectivity index (χ4v) is 5.50. The van der Waals surface area contributed by atoms with E-state index in [0.717, 1.165) is 54.9 Å². The highest BCUT2D eigenvalue weighted by Gasteiger charge is 2.17. The molecule has 1 fully saturated rings. The Morgan fingerprint density at radius 2 is 1.71 bits per heavy atom. The Morgan fingerprint density at radius 1 is 0.938 bits per heavy atom. The van der Waals surface area contributed by atoms with Gasteiger partial charge in [0.05, 0.1) is 18.1 Å². The van der Waals surface area contributed by atoms with Crippen molar-refractivity contribution in [3.05, 3.63) is 78.8 Å². The number of hydrogen-bond acceptors (Lipinski definition) is 12. The van der Waals surface area contributed by atoms with Gasteiger partial charge in [0.25, 0.3) is 5.91 Å². The smallest absolute Gasteiger partial charge is 0.412 e. The number of rotatable bonds is 12. The predicted molar refractivity (Wildman–Crippen MR) is 187 cm³/mol. The lowest BCUT2D eigenvalue weighted by Gasteiger charge is -2.26. The van der Waals surface area contributed by atoms with Crippen LogP contribution < -0.4 is 26.0 Å². The maximum atomic E-state index is 12.4. The molecule has 4 aromatic rings. The van der Waals surface area contributed by atoms with Gasteiger partial charge >= 0.3 is 6.09 Å². The molecular weight excluding hydrogens is 632 g/mol. The number of thioether (sulfide) groups is 1. The number of pyridine rings is 1. The summed E-state index contributed by atoms with van der Waals surface area (Å²) in [6, 6.07) is 17.9. The number of ether oxygens (including phenoxy) is 3. The number of hydrogen-bond donors (Lipinski definition) is 4. The number of anilines is 5. The van der Waals surface area contributed by atoms with Crippen molar-refractivity contribution in [1.29, 1.82) is 0 Å². The molecule has 0 radical (unpaired) electrons. The summed E-state index contributed by atoms with van der Waals surface area (Å²) in [5, 5.41) is 12.0. The summed E-state index contributed by atoms with van der Waals surface area (Å²) in [5.74, 6) is 2.67. The normalized spacial score (nSPS) is 13.3. The molecule has 1 aliphatic rings. The minimum Gasteiger partial charge on any atom is -0.457 e. The minimum atomic E-state index is -0.609. The van der Waals surface area contributed by atoms with Gasteiger partial charge in [-0.25, -0.2) is 9.78 Å². The van der Waals surface area contributed by atoms with E-state index in [1.807, 2.05) is 51.1 Å². The largest absolute Gasteiger partial charge is 0.457 e. The predicted octanol–water partition coefficient (Wildman–Crippen LogP) is 6.28. The van der Waals surface area contributed by atoms with Gasteiger partial charge < -0.3 is 30.2 Å². The summed E-state index contributed by atoms with van der Waals surface area (Å²) in [5.41, 5.74) is 1.74. The van der Waals surface area contributed by atoms with E-state index < -0.39 is 11.7 Å². The molecule has 2 aromatic heterocycles. The number of carbonyl (C=O) groups is 2. The lowest BCUT2D eigenvalue weighted by molar-refractivity contribution is 0.0410. The summed E-state index contributed by atoms with van der Waals surface area (Å²) in [6.07, 6.45) is 2.80. The van der Waals surface area contributed by atoms with Crippen molar-refractivity contribution >= 4 is 52.6 Å². The topological polar surface area (TPSA) is 152 Å². The highest BCUT2D eigenvalue weighted by atomic mass is 32.2. The molecule has 48 heavy (non-hydrogen) atoms. The van der Waals surface area contributed by atoms with Crippen LogP contribution in [0.25, 0.3) is 0 Å². The molecule has 1 aliphatic heterocycles. The van der Waals surface area contributed by atoms with Crippen molar-refractivity contribution < 1.29 is 23.8 Å². The molecule has 1 saturated heterocycles. The zero-order valence-electron chi connectivity index (χ0n) is 27.4. The summed E-state index contributed by atoms with van der Waals surface area (Å²) in [4.78, 5) is 41.0. The molecule has 3 heterocycles. The molecule has 0 atom stereocenters. The Bertz CT molecular complexity index is 1690. The average Bonchev–Trinajstić information content (AvgIpc) is 3.06. The number of nitrogens with zero attached hydrogens (tertiary/aromatic N) is 4. The molecule has 0 spiro atoms. The van der Waals surface area contributed by atoms with Gasteiger partial charge in [-0.15, -0.1) is 11.8 Å². The maximum Gasteiger partial charge on any atom is 0.412 e. The maximum absolute atomic E-state index is 12.4. The number of benzene rings is 2. The molecule has 13 nitrogen and oxygen atoms in total. The molecule has 2 aromatic carbocycles. The Labute approximate surface area is 284 Å². The molecule has 0 bridgehead atoms. The van der Waals surface area contributed by atoms with E-state index in [2.05, 4.69) is 36.1 Å². The zero-order chi connectivity index (χ0) is 33.9. The number of carbonyl (C=O) groups excluding carboxylic acids is 2. The van der Waals surface area contributed by atoms with E-state index in [1.165, 1.54) is 6.20 Å². The third-order valence-electron chi connectivity index (χ3n) is 6.83. The SMILES string of the molecule is CNC(=O)c1cc(Oc2ccc(Nc3ncc(SCCN4CCOCC4)c(Nc4cccc(NC(=O)OC(C)(C)C)c4)n3)cc2)ccn1. The summed E-state index contributed by atoms with van der Waals surface area (Å²) >= 11 is 1.67. The second-order valence-corrected chi connectivity index (χ2v) is 12.9. The number of aromatic nitrogens is 3. The Hall–Kier alpha value is -4.92. The minimum absolute atomic E-state index is 0.267. The van der Waals surface area contributed by atoms with Crippen molar-refractivity contribution in [2.45, 2.75) is 31.3 Å². The quantitative estimate of drug-likeness (QED) is 0.125. The first-order chi connectivity index (χ1) is 23.1. The Balaban J connectivity index is 1.29. The van der Waals surface area contributed by atoms with Crippen LogP contribution in [0, 0.1) is 0 Å². The van der Waals surface area contributed by atoms with Gasteiger partial charge in [0.1, 0.15) is 28.6 Å². The van der Waals surface area contributed by atoms with Gasteiger partial charge in [0, 0.05) is 68.0 Å². The summed E-state index contributed by atoms with van der Waals surface area (Å²) in [7, 11) is 1.55. The molecule has 0 aliphatic carbocycles. The number of nitrogens with one attached hydrogen (secondary N) is 4. The first-order valence-electron chi connectivity index (χ1n) is 15.5. The van der Waals surface area contributed by atoms with Crippen LogP contribution in [0.5, 0.6) is 11.5 Å². The molecule has 2 amide bonds. The Kier molecular flexibility index (Phi) is 11.7. The highest BCUT2D eigenvalue weighted by molar-refractivity contribution is 7.99. The van der Waals surface area contributed by atoms with E-state index in [1.54, 1.807) is 55.3 Å². The third-order valence-corrected chi connectivity index (χ3v) is 7.83. The summed E-state index contributed by atoms with van der Waals surface area (Å²) < 4.78 is 16.8. The van der Waals surface area contributed by atoms with E-state index in [0.29, 0.717) is 29.0 Å². The molecule has 0 saturated carbocycles. The fraction of sp³-hybridized carbons (Fsp3) is 0.324. The van der Waals surface area contributed by atoms with Crippen LogP contribution in [0.15, 0.2) is 78.0 Å². The van der Waals surface area contributed by atoms with Crippen molar-refractivity contribution in [1.82, 2.24) is 25.2 Å². The molecule has 5 rings (SSSR count). The standard InChI is InChI=1S/C34H40N8O5S/c1-34(2,3)47-33(44)40-25-7-5-6-24(20-25)38-30-29(48-19-16-42-14-17-45-18-15-42)22-37-32(41-30)39-23-8-10-26(11-9-23)46-27-12-13-36-28(21-27)31(43)35-4/h5-13,20-22H,14-19H2,1-4H3,(H,35,43)(H,40,44)(H2,37,38,39,41). The molecule has 252 valence electrons. The monoisotopic (exact) mass is 672 g/mol. The first-order valence-corrected chi connectivity index (χ1v) is 16.5. The second-order valence-electron chi connectivity index (χ2n) is 11.7. The Morgan fingerprint density at radius 3 is 2.46 bits per heavy atom. The van der Waals surface area contributed by atoms with Crippen molar-refractivity contribution in [3.8, 4) is 11.5 Å². The van der Waals surface area contributed by atoms with Gasteiger partial charge in [0.2, 0.25) is 5.95 Å². The first kappa shape index (κ1) is 34.4. The van der Waals surface area contributed by atoms with E-state index >= 15 is 0 Å². The van der Waals surface area contributed by atoms with E-state index in [-0.39, 0.29) is 11.6 Å². The van der Waals surface area contributed by atoms with Crippen LogP contribution in [0.1, 0.15) is 31.3 Å². The zero-order valence-corrected chi connectivity index (χ0v) is 28.2. The van der Waals surface area contributed by atoms with Gasteiger partial charge in [-0.05, 0) is 69.3 Å². The van der Waals surface area contributed by atoms with Crippen LogP contribution in [-0.4, -0.2) is 83.1 Å². The molecule has 0 unspecified atom stereocenters. The van der Waals surface area contributed by atoms with Gasteiger partial charge in [-0.2, -0.15) is 4.98 Å². The number of amides is 2. The lowest BCUT2D eigenvalue weighted by Crippen LogP contribution is -2.37. The van der Waals surface area contributed by atoms with Crippen LogP contribution in [0.2, 0.25) is 0 Å². The molecular formula is C34H40N8O5S. The van der Waals surface area contributed by atoms with Crippen LogP contribution in [0.3, 0.4) is 0 Å². The van der Waals surface area contributed by atoms with Crippen LogP contribution in [-0.2, 0) is 9.47 Å². The second kappa shape index (κ2) is 16.3. The summed E-state index contributed by atoms with van der Waals surface area (Å²) in [6.45, 7) is 9.73. The van der Waals surface area contributed by atoms with E-state index in [9.17, 15) is 9.59 Å². The lowest BCUT2D eigenvalue weighted by atomic mass is 10.2. The third kappa shape index (κ3) is 10.6. The van der Waals surface area contributed by atoms with Gasteiger partial charge in [-0.1, -0.05) is 6.07 Å². The molecule has 14 heteroatoms. The van der Waals surface area contributed by atoms with Crippen molar-refractivity contribution in [3.63, 3.8) is 0 Å². The van der Waals surface area contributed by atoms with Crippen molar-refractivity contribution in [2.24, 2.45) is 0 Å². The molecule has 4 N–H and O–H groups in total. The fourth-order valence-electron chi connectivity index (χ4n) is 4.57.